The number of imidazole rings is 1. The number of hydrogen-bond acceptors (Lipinski definition) is 9. The van der Waals surface area contributed by atoms with Crippen LogP contribution in [0.5, 0.6) is 0 Å². The van der Waals surface area contributed by atoms with Gasteiger partial charge in [0.25, 0.3) is 0 Å². The fourth-order valence-electron chi connectivity index (χ4n) is 8.55. The van der Waals surface area contributed by atoms with Crippen LogP contribution in [0.4, 0.5) is 11.4 Å². The SMILES string of the molecule is C(#Cc1[nH]nc2ccccc12)c1ccccc1.C(#Cc1[nH]nc2ccccc12)c1ccncc1.Cn1cncc1C#Cc1[nH]nc2ccccc12.Nc1ccc(C#Cc2[nH]nc3ccccc23)cc1.Nc1cccc(C#Cc2[nH]nc3ccccc23)c1. The van der Waals surface area contributed by atoms with Gasteiger partial charge >= 0.3 is 0 Å². The maximum Gasteiger partial charge on any atom is 0.116 e. The quantitative estimate of drug-likeness (QED) is 0.0565. The van der Waals surface area contributed by atoms with E-state index in [0.29, 0.717) is 0 Å². The first-order valence-electron chi connectivity index (χ1n) is 27.2. The molecule has 0 saturated carbocycles. The summed E-state index contributed by atoms with van der Waals surface area (Å²) < 4.78 is 1.88. The van der Waals surface area contributed by atoms with E-state index < -0.39 is 0 Å². The molecule has 0 unspecified atom stereocenters. The number of benzene rings is 8. The Morgan fingerprint density at radius 2 is 0.655 bits per heavy atom. The standard InChI is InChI=1S/2C15H11N3.C15H10N2.C14H9N3.C13H10N4/c16-12-5-3-4-11(10-12)8-9-15-13-6-1-2-7-14(13)17-18-15;16-12-8-5-11(6-9-12)7-10-15-13-3-1-2-4-14(13)17-18-15;1-2-6-12(7-3-1)10-11-15-13-8-4-5-9-14(13)16-17-15;1-2-4-13-12(3-1)14(17-16-13)6-5-11-7-9-15-10-8-11;1-17-9-14-8-10(17)6-7-13-11-4-2-3-5-12(11)15-16-13/h1-7,10H,16H2,(H,17,18);1-6,8-9H,16H2,(H,17,18);1-9H,(H,16,17);1-4,7-10H,(H,16,17);2-5,8-9H,1H3,(H,15,16). The van der Waals surface area contributed by atoms with Crippen LogP contribution in [0.1, 0.15) is 56.4 Å². The number of pyridine rings is 1. The number of anilines is 2. The molecule has 15 aromatic rings. The maximum absolute atomic E-state index is 5.71. The molecule has 0 spiro atoms. The number of aromatic nitrogens is 13. The summed E-state index contributed by atoms with van der Waals surface area (Å²) in [6, 6.07) is 68.3. The molecule has 7 aromatic heterocycles. The van der Waals surface area contributed by atoms with Gasteiger partial charge in [-0.2, -0.15) is 25.5 Å². The van der Waals surface area contributed by atoms with E-state index in [1.54, 1.807) is 24.9 Å². The molecule has 0 aliphatic rings. The van der Waals surface area contributed by atoms with Gasteiger partial charge in [-0.1, -0.05) is 109 Å². The van der Waals surface area contributed by atoms with Crippen LogP contribution >= 0.6 is 0 Å². The highest BCUT2D eigenvalue weighted by atomic mass is 15.1. The van der Waals surface area contributed by atoms with Gasteiger partial charge in [0.05, 0.1) is 40.1 Å². The molecule has 0 saturated heterocycles. The van der Waals surface area contributed by atoms with Crippen LogP contribution in [0.3, 0.4) is 0 Å². The first-order chi connectivity index (χ1) is 42.9. The summed E-state index contributed by atoms with van der Waals surface area (Å²) in [4.78, 5) is 7.97. The number of nitrogens with two attached hydrogens (primary N) is 2. The van der Waals surface area contributed by atoms with Crippen LogP contribution < -0.4 is 11.5 Å². The fraction of sp³-hybridized carbons (Fsp3) is 0.0139. The topological polar surface area (TPSA) is 226 Å². The Kier molecular flexibility index (Phi) is 17.7. The first-order valence-corrected chi connectivity index (χ1v) is 27.2. The zero-order valence-corrected chi connectivity index (χ0v) is 46.7. The van der Waals surface area contributed by atoms with Crippen LogP contribution in [-0.4, -0.2) is 65.5 Å². The minimum absolute atomic E-state index is 0.719. The van der Waals surface area contributed by atoms with Crippen molar-refractivity contribution in [3.63, 3.8) is 0 Å². The van der Waals surface area contributed by atoms with Gasteiger partial charge in [-0.25, -0.2) is 4.98 Å². The van der Waals surface area contributed by atoms with Crippen molar-refractivity contribution in [2.45, 2.75) is 0 Å². The van der Waals surface area contributed by atoms with Crippen LogP contribution in [0.25, 0.3) is 54.5 Å². The van der Waals surface area contributed by atoms with E-state index in [1.807, 2.05) is 224 Å². The average molecular weight is 1130 g/mol. The second-order valence-corrected chi connectivity index (χ2v) is 19.1. The predicted molar refractivity (Wildman–Crippen MR) is 346 cm³/mol. The number of para-hydroxylation sites is 5. The third-order valence-corrected chi connectivity index (χ3v) is 13.0. The molecule has 0 radical (unpaired) electrons. The number of hydrogen-bond donors (Lipinski definition) is 7. The van der Waals surface area contributed by atoms with Crippen LogP contribution in [0.15, 0.2) is 237 Å². The second kappa shape index (κ2) is 27.6. The number of aryl methyl sites for hydroxylation is 1. The zero-order valence-electron chi connectivity index (χ0n) is 46.7. The van der Waals surface area contributed by atoms with Crippen LogP contribution in [-0.2, 0) is 7.05 Å². The van der Waals surface area contributed by atoms with Gasteiger partial charge in [0.1, 0.15) is 34.2 Å². The third kappa shape index (κ3) is 14.7. The molecule has 87 heavy (non-hydrogen) atoms. The van der Waals surface area contributed by atoms with Crippen molar-refractivity contribution in [2.24, 2.45) is 7.05 Å². The lowest BCUT2D eigenvalue weighted by molar-refractivity contribution is 0.899. The minimum atomic E-state index is 0.719. The molecule has 8 aromatic carbocycles. The lowest BCUT2D eigenvalue weighted by Gasteiger charge is -1.92. The van der Waals surface area contributed by atoms with Crippen molar-refractivity contribution < 1.29 is 0 Å². The van der Waals surface area contributed by atoms with Gasteiger partial charge < -0.3 is 16.0 Å². The number of H-pyrrole nitrogens is 5. The summed E-state index contributed by atoms with van der Waals surface area (Å²) in [6.07, 6.45) is 6.94. The van der Waals surface area contributed by atoms with Gasteiger partial charge in [-0.3, -0.25) is 30.5 Å². The molecule has 0 bridgehead atoms. The van der Waals surface area contributed by atoms with Gasteiger partial charge in [-0.05, 0) is 163 Å². The second-order valence-electron chi connectivity index (χ2n) is 19.1. The number of rotatable bonds is 0. The number of fused-ring (bicyclic) bond motifs is 5. The van der Waals surface area contributed by atoms with Crippen molar-refractivity contribution in [3.05, 3.63) is 294 Å². The molecular weight excluding hydrogens is 1070 g/mol. The van der Waals surface area contributed by atoms with E-state index in [-0.39, 0.29) is 0 Å². The lowest BCUT2D eigenvalue weighted by Crippen LogP contribution is -1.88. The Balaban J connectivity index is 0.000000113. The monoisotopic (exact) mass is 1130 g/mol. The number of nitrogen functional groups attached to an aromatic ring is 2. The van der Waals surface area contributed by atoms with Crippen molar-refractivity contribution in [3.8, 4) is 59.2 Å². The lowest BCUT2D eigenvalue weighted by atomic mass is 10.2. The van der Waals surface area contributed by atoms with Crippen LogP contribution in [0, 0.1) is 59.2 Å². The molecule has 15 nitrogen and oxygen atoms in total. The van der Waals surface area contributed by atoms with E-state index in [0.717, 1.165) is 122 Å². The molecule has 9 N–H and O–H groups in total. The Morgan fingerprint density at radius 3 is 1.05 bits per heavy atom. The highest BCUT2D eigenvalue weighted by Crippen LogP contribution is 2.19. The normalized spacial score (nSPS) is 9.99. The summed E-state index contributed by atoms with van der Waals surface area (Å²) in [6.45, 7) is 0. The van der Waals surface area contributed by atoms with Gasteiger partial charge in [-0.15, -0.1) is 0 Å². The van der Waals surface area contributed by atoms with E-state index >= 15 is 0 Å². The van der Waals surface area contributed by atoms with Gasteiger partial charge in [0.15, 0.2) is 0 Å². The molecule has 0 aliphatic carbocycles. The molecule has 414 valence electrons. The average Bonchev–Trinajstić information content (AvgIpc) is 3.85. The summed E-state index contributed by atoms with van der Waals surface area (Å²) in [5, 5.41) is 41.0. The molecule has 0 atom stereocenters. The van der Waals surface area contributed by atoms with Crippen molar-refractivity contribution in [2.75, 3.05) is 11.5 Å². The van der Waals surface area contributed by atoms with Gasteiger partial charge in [0.2, 0.25) is 0 Å². The number of nitrogens with zero attached hydrogens (tertiary/aromatic N) is 8. The minimum Gasteiger partial charge on any atom is -0.399 e. The predicted octanol–water partition coefficient (Wildman–Crippen LogP) is 12.1. The maximum atomic E-state index is 5.71. The fourth-order valence-corrected chi connectivity index (χ4v) is 8.55. The molecule has 0 aliphatic heterocycles. The van der Waals surface area contributed by atoms with E-state index in [4.69, 9.17) is 11.5 Å². The molecule has 7 heterocycles. The van der Waals surface area contributed by atoms with Gasteiger partial charge in [0, 0.05) is 80.0 Å². The Morgan fingerprint density at radius 1 is 0.310 bits per heavy atom. The van der Waals surface area contributed by atoms with Crippen molar-refractivity contribution in [1.29, 1.82) is 0 Å². The van der Waals surface area contributed by atoms with Crippen LogP contribution in [0.2, 0.25) is 0 Å². The largest absolute Gasteiger partial charge is 0.399 e. The first kappa shape index (κ1) is 55.8. The molecule has 0 fully saturated rings. The van der Waals surface area contributed by atoms with Crippen molar-refractivity contribution in [1.82, 2.24) is 65.5 Å². The molecule has 15 rings (SSSR count). The summed E-state index contributed by atoms with van der Waals surface area (Å²) in [7, 11) is 1.92. The summed E-state index contributed by atoms with van der Waals surface area (Å²) in [5.41, 5.74) is 26.3. The highest BCUT2D eigenvalue weighted by Gasteiger charge is 2.05. The Hall–Kier alpha value is -13.1. The van der Waals surface area contributed by atoms with E-state index in [2.05, 4.69) is 120 Å². The third-order valence-electron chi connectivity index (χ3n) is 13.0. The number of nitrogens with one attached hydrogen (secondary N) is 5. The smallest absolute Gasteiger partial charge is 0.116 e. The zero-order chi connectivity index (χ0) is 59.4. The highest BCUT2D eigenvalue weighted by molar-refractivity contribution is 5.87. The van der Waals surface area contributed by atoms with Crippen molar-refractivity contribution >= 4 is 65.9 Å². The Labute approximate surface area is 500 Å². The molecule has 0 amide bonds. The van der Waals surface area contributed by atoms with E-state index in [9.17, 15) is 0 Å². The molecule has 15 heteroatoms. The molecular formula is C72H51N15. The summed E-state index contributed by atoms with van der Waals surface area (Å²) in [5.74, 6) is 30.9. The van der Waals surface area contributed by atoms with E-state index in [1.165, 1.54) is 0 Å². The number of aromatic amines is 5. The summed E-state index contributed by atoms with van der Waals surface area (Å²) >= 11 is 0. The Bertz CT molecular complexity index is 5010.